The Morgan fingerprint density at radius 2 is 2.04 bits per heavy atom. The molecule has 2 atom stereocenters. The third-order valence-corrected chi connectivity index (χ3v) is 5.80. The number of aliphatic hydroxyl groups is 1. The number of rotatable bonds is 5. The van der Waals surface area contributed by atoms with Gasteiger partial charge in [0, 0.05) is 16.9 Å². The van der Waals surface area contributed by atoms with Crippen molar-refractivity contribution in [2.75, 3.05) is 11.9 Å². The van der Waals surface area contributed by atoms with Crippen LogP contribution in [-0.4, -0.2) is 32.4 Å². The highest BCUT2D eigenvalue weighted by Gasteiger charge is 2.33. The fraction of sp³-hybridized carbons (Fsp3) is 0.722. The molecule has 1 amide bonds. The lowest BCUT2D eigenvalue weighted by atomic mass is 9.76. The molecule has 2 heterocycles. The van der Waals surface area contributed by atoms with Crippen LogP contribution < -0.4 is 11.0 Å². The van der Waals surface area contributed by atoms with Crippen LogP contribution in [0, 0.1) is 10.8 Å². The molecule has 0 saturated carbocycles. The third kappa shape index (κ3) is 5.31. The molecular weight excluding hydrogens is 338 g/mol. The van der Waals surface area contributed by atoms with Crippen molar-refractivity contribution in [1.29, 1.82) is 0 Å². The van der Waals surface area contributed by atoms with E-state index in [2.05, 4.69) is 31.1 Å². The summed E-state index contributed by atoms with van der Waals surface area (Å²) < 4.78 is 1.58. The topological polar surface area (TPSA) is 84.2 Å². The molecule has 1 aliphatic rings. The van der Waals surface area contributed by atoms with Crippen LogP contribution in [-0.2, 0) is 4.79 Å². The normalized spacial score (nSPS) is 21.4. The van der Waals surface area contributed by atoms with Crippen molar-refractivity contribution >= 4 is 23.5 Å². The highest BCUT2D eigenvalue weighted by molar-refractivity contribution is 8.00. The number of carbonyl (C=O) groups is 1. The minimum absolute atomic E-state index is 0.000710. The first-order valence-electron chi connectivity index (χ1n) is 8.69. The first-order valence-corrected chi connectivity index (χ1v) is 9.63. The van der Waals surface area contributed by atoms with E-state index in [4.69, 9.17) is 0 Å². The zero-order valence-corrected chi connectivity index (χ0v) is 16.5. The van der Waals surface area contributed by atoms with Crippen LogP contribution in [0.5, 0.6) is 0 Å². The van der Waals surface area contributed by atoms with Crippen LogP contribution in [0.15, 0.2) is 17.1 Å². The van der Waals surface area contributed by atoms with E-state index < -0.39 is 5.41 Å². The zero-order chi connectivity index (χ0) is 18.8. The van der Waals surface area contributed by atoms with E-state index in [1.54, 1.807) is 28.6 Å². The molecule has 0 spiro atoms. The van der Waals surface area contributed by atoms with Gasteiger partial charge >= 0.3 is 5.69 Å². The van der Waals surface area contributed by atoms with E-state index in [0.717, 1.165) is 19.3 Å². The van der Waals surface area contributed by atoms with Crippen LogP contribution in [0.1, 0.15) is 59.3 Å². The van der Waals surface area contributed by atoms with Gasteiger partial charge in [0.15, 0.2) is 0 Å². The standard InChI is InChI=1S/C18H29N3O3S/c1-17(2,3)11-18(4,5)15(23)19-13-8-9-21(16(24)20-13)14-7-6-12(10-22)25-14/h8-9,12,14,22H,6-7,10-11H2,1-5H3,(H,19,20,23,24)/t12-,14?/m0/s1. The largest absolute Gasteiger partial charge is 0.395 e. The van der Waals surface area contributed by atoms with Gasteiger partial charge in [0.25, 0.3) is 0 Å². The highest BCUT2D eigenvalue weighted by Crippen LogP contribution is 2.40. The first kappa shape index (κ1) is 20.0. The van der Waals surface area contributed by atoms with Gasteiger partial charge in [-0.3, -0.25) is 9.36 Å². The molecule has 1 aromatic rings. The average Bonchev–Trinajstić information content (AvgIpc) is 2.93. The number of aliphatic hydroxyl groups excluding tert-OH is 1. The molecule has 7 heteroatoms. The zero-order valence-electron chi connectivity index (χ0n) is 15.7. The minimum atomic E-state index is -0.551. The number of carbonyl (C=O) groups excluding carboxylic acids is 1. The van der Waals surface area contributed by atoms with Crippen LogP contribution in [0.3, 0.4) is 0 Å². The molecule has 1 aliphatic heterocycles. The van der Waals surface area contributed by atoms with Gasteiger partial charge < -0.3 is 10.4 Å². The maximum atomic E-state index is 12.6. The Kier molecular flexibility index (Phi) is 5.99. The number of hydrogen-bond acceptors (Lipinski definition) is 5. The number of nitrogens with one attached hydrogen (secondary N) is 1. The lowest BCUT2D eigenvalue weighted by molar-refractivity contribution is -0.125. The summed E-state index contributed by atoms with van der Waals surface area (Å²) in [5.41, 5.74) is -0.895. The van der Waals surface area contributed by atoms with Gasteiger partial charge in [-0.05, 0) is 30.7 Å². The van der Waals surface area contributed by atoms with Crippen LogP contribution in [0.4, 0.5) is 5.82 Å². The predicted octanol–water partition coefficient (Wildman–Crippen LogP) is 3.03. The summed E-state index contributed by atoms with van der Waals surface area (Å²) in [5.74, 6) is 0.151. The van der Waals surface area contributed by atoms with E-state index in [1.807, 2.05) is 13.8 Å². The second kappa shape index (κ2) is 7.50. The van der Waals surface area contributed by atoms with Crippen LogP contribution >= 0.6 is 11.8 Å². The predicted molar refractivity (Wildman–Crippen MR) is 102 cm³/mol. The van der Waals surface area contributed by atoms with E-state index in [-0.39, 0.29) is 40.1 Å². The molecule has 2 N–H and O–H groups in total. The van der Waals surface area contributed by atoms with E-state index in [9.17, 15) is 14.7 Å². The Morgan fingerprint density at radius 1 is 1.36 bits per heavy atom. The smallest absolute Gasteiger partial charge is 0.350 e. The fourth-order valence-corrected chi connectivity index (χ4v) is 4.79. The summed E-state index contributed by atoms with van der Waals surface area (Å²) in [4.78, 5) is 28.9. The average molecular weight is 368 g/mol. The maximum Gasteiger partial charge on any atom is 0.350 e. The molecule has 0 aliphatic carbocycles. The molecule has 1 saturated heterocycles. The monoisotopic (exact) mass is 367 g/mol. The van der Waals surface area contributed by atoms with E-state index >= 15 is 0 Å². The number of thioether (sulfide) groups is 1. The van der Waals surface area contributed by atoms with Crippen molar-refractivity contribution < 1.29 is 9.90 Å². The van der Waals surface area contributed by atoms with Crippen LogP contribution in [0.2, 0.25) is 0 Å². The lowest BCUT2D eigenvalue weighted by Gasteiger charge is -2.31. The number of nitrogens with zero attached hydrogens (tertiary/aromatic N) is 2. The molecule has 140 valence electrons. The second-order valence-corrected chi connectivity index (χ2v) is 10.0. The molecule has 1 aromatic heterocycles. The molecule has 1 fully saturated rings. The quantitative estimate of drug-likeness (QED) is 0.836. The van der Waals surface area contributed by atoms with Crippen molar-refractivity contribution in [3.8, 4) is 0 Å². The molecule has 25 heavy (non-hydrogen) atoms. The second-order valence-electron chi connectivity index (χ2n) is 8.55. The van der Waals surface area contributed by atoms with Crippen molar-refractivity contribution in [2.24, 2.45) is 10.8 Å². The SMILES string of the molecule is CC(C)(C)CC(C)(C)C(=O)Nc1ccn(C2CC[C@@H](CO)S2)c(=O)n1. The highest BCUT2D eigenvalue weighted by atomic mass is 32.2. The molecule has 0 radical (unpaired) electrons. The van der Waals surface area contributed by atoms with Crippen molar-refractivity contribution in [1.82, 2.24) is 9.55 Å². The van der Waals surface area contributed by atoms with Gasteiger partial charge in [0.1, 0.15) is 5.82 Å². The molecular formula is C18H29N3O3S. The summed E-state index contributed by atoms with van der Waals surface area (Å²) in [6, 6.07) is 1.67. The number of hydrogen-bond donors (Lipinski definition) is 2. The van der Waals surface area contributed by atoms with Gasteiger partial charge in [-0.2, -0.15) is 4.98 Å². The minimum Gasteiger partial charge on any atom is -0.395 e. The number of anilines is 1. The van der Waals surface area contributed by atoms with Gasteiger partial charge in [0.05, 0.1) is 12.0 Å². The molecule has 0 aromatic carbocycles. The Balaban J connectivity index is 2.08. The van der Waals surface area contributed by atoms with Gasteiger partial charge in [-0.25, -0.2) is 4.79 Å². The number of aromatic nitrogens is 2. The maximum absolute atomic E-state index is 12.6. The third-order valence-electron chi connectivity index (χ3n) is 4.26. The van der Waals surface area contributed by atoms with Gasteiger partial charge in [0.2, 0.25) is 5.91 Å². The fourth-order valence-electron chi connectivity index (χ4n) is 3.42. The molecule has 1 unspecified atom stereocenters. The van der Waals surface area contributed by atoms with Crippen LogP contribution in [0.25, 0.3) is 0 Å². The Hall–Kier alpha value is -1.34. The lowest BCUT2D eigenvalue weighted by Crippen LogP contribution is -2.35. The Morgan fingerprint density at radius 3 is 2.56 bits per heavy atom. The van der Waals surface area contributed by atoms with Crippen molar-refractivity contribution in [3.63, 3.8) is 0 Å². The van der Waals surface area contributed by atoms with Crippen molar-refractivity contribution in [2.45, 2.75) is 64.5 Å². The summed E-state index contributed by atoms with van der Waals surface area (Å²) in [5, 5.41) is 12.2. The van der Waals surface area contributed by atoms with Crippen molar-refractivity contribution in [3.05, 3.63) is 22.7 Å². The molecule has 6 nitrogen and oxygen atoms in total. The summed E-state index contributed by atoms with van der Waals surface area (Å²) in [6.07, 6.45) is 4.13. The van der Waals surface area contributed by atoms with E-state index in [1.165, 1.54) is 0 Å². The molecule has 2 rings (SSSR count). The summed E-state index contributed by atoms with van der Waals surface area (Å²) >= 11 is 1.59. The van der Waals surface area contributed by atoms with E-state index in [0.29, 0.717) is 0 Å². The van der Waals surface area contributed by atoms with Gasteiger partial charge in [-0.1, -0.05) is 34.6 Å². The summed E-state index contributed by atoms with van der Waals surface area (Å²) in [6.45, 7) is 10.2. The Labute approximate surface area is 153 Å². The number of amides is 1. The van der Waals surface area contributed by atoms with Gasteiger partial charge in [-0.15, -0.1) is 11.8 Å². The summed E-state index contributed by atoms with van der Waals surface area (Å²) in [7, 11) is 0. The molecule has 0 bridgehead atoms. The Bertz CT molecular complexity index is 679. The first-order chi connectivity index (χ1) is 11.5.